The van der Waals surface area contributed by atoms with E-state index in [0.29, 0.717) is 10.5 Å². The average molecular weight is 292 g/mol. The molecule has 1 saturated heterocycles. The summed E-state index contributed by atoms with van der Waals surface area (Å²) < 4.78 is 14.6. The third-order valence-electron chi connectivity index (χ3n) is 3.15. The van der Waals surface area contributed by atoms with Crippen LogP contribution in [0, 0.1) is 5.95 Å². The van der Waals surface area contributed by atoms with Gasteiger partial charge in [-0.05, 0) is 25.0 Å². The highest BCUT2D eigenvalue weighted by Crippen LogP contribution is 2.09. The summed E-state index contributed by atoms with van der Waals surface area (Å²) in [4.78, 5) is 22.1. The topological polar surface area (TPSA) is 50.5 Å². The highest BCUT2D eigenvalue weighted by Gasteiger charge is 2.17. The number of amides is 2. The summed E-state index contributed by atoms with van der Waals surface area (Å²) in [6.45, 7) is 1.54. The van der Waals surface area contributed by atoms with Crippen molar-refractivity contribution < 1.29 is 9.18 Å². The lowest BCUT2D eigenvalue weighted by Gasteiger charge is -2.10. The largest absolute Gasteiger partial charge is 0.346 e. The third-order valence-corrected chi connectivity index (χ3v) is 3.90. The molecule has 1 fully saturated rings. The fourth-order valence-corrected chi connectivity index (χ4v) is 2.84. The number of urea groups is 1. The molecule has 1 aliphatic rings. The van der Waals surface area contributed by atoms with Crippen molar-refractivity contribution in [2.24, 2.45) is 4.99 Å². The van der Waals surface area contributed by atoms with E-state index in [-0.39, 0.29) is 6.03 Å². The highest BCUT2D eigenvalue weighted by molar-refractivity contribution is 7.07. The molecule has 2 amide bonds. The molecule has 0 saturated carbocycles. The first kappa shape index (κ1) is 13.0. The minimum atomic E-state index is -0.531. The lowest BCUT2D eigenvalue weighted by atomic mass is 10.4. The Hall–Kier alpha value is -2.02. The SMILES string of the molecule is O=C(N=c1sccn1-c1ccc(F)nc1)N1CCCC1. The maximum atomic E-state index is 12.8. The summed E-state index contributed by atoms with van der Waals surface area (Å²) in [5.74, 6) is -0.531. The number of pyridine rings is 1. The molecule has 2 aromatic rings. The van der Waals surface area contributed by atoms with E-state index in [1.54, 1.807) is 21.7 Å². The highest BCUT2D eigenvalue weighted by atomic mass is 32.1. The first-order chi connectivity index (χ1) is 9.74. The van der Waals surface area contributed by atoms with E-state index in [1.165, 1.54) is 23.6 Å². The van der Waals surface area contributed by atoms with E-state index < -0.39 is 5.95 Å². The minimum Gasteiger partial charge on any atom is -0.323 e. The van der Waals surface area contributed by atoms with Crippen molar-refractivity contribution in [1.29, 1.82) is 0 Å². The Morgan fingerprint density at radius 2 is 2.15 bits per heavy atom. The molecule has 3 rings (SSSR count). The van der Waals surface area contributed by atoms with Crippen LogP contribution in [-0.4, -0.2) is 33.6 Å². The molecule has 0 bridgehead atoms. The summed E-state index contributed by atoms with van der Waals surface area (Å²) in [5.41, 5.74) is 0.681. The number of hydrogen-bond donors (Lipinski definition) is 0. The molecule has 1 aliphatic heterocycles. The summed E-state index contributed by atoms with van der Waals surface area (Å²) in [5, 5.41) is 1.83. The van der Waals surface area contributed by atoms with E-state index in [4.69, 9.17) is 0 Å². The van der Waals surface area contributed by atoms with Crippen molar-refractivity contribution in [3.05, 3.63) is 40.7 Å². The summed E-state index contributed by atoms with van der Waals surface area (Å²) >= 11 is 1.36. The van der Waals surface area contributed by atoms with Gasteiger partial charge in [0, 0.05) is 24.7 Å². The normalized spacial score (nSPS) is 15.8. The Morgan fingerprint density at radius 3 is 2.85 bits per heavy atom. The van der Waals surface area contributed by atoms with Crippen molar-refractivity contribution >= 4 is 17.4 Å². The molecule has 104 valence electrons. The van der Waals surface area contributed by atoms with Crippen molar-refractivity contribution in [3.8, 4) is 5.69 Å². The van der Waals surface area contributed by atoms with E-state index in [1.807, 2.05) is 5.38 Å². The zero-order valence-corrected chi connectivity index (χ0v) is 11.5. The van der Waals surface area contributed by atoms with Gasteiger partial charge in [-0.3, -0.25) is 4.57 Å². The van der Waals surface area contributed by atoms with Gasteiger partial charge in [-0.25, -0.2) is 9.78 Å². The maximum Gasteiger partial charge on any atom is 0.346 e. The van der Waals surface area contributed by atoms with E-state index in [2.05, 4.69) is 9.98 Å². The smallest absolute Gasteiger partial charge is 0.323 e. The predicted molar refractivity (Wildman–Crippen MR) is 73.2 cm³/mol. The number of likely N-dealkylation sites (tertiary alicyclic amines) is 1. The van der Waals surface area contributed by atoms with Gasteiger partial charge in [0.05, 0.1) is 11.9 Å². The third kappa shape index (κ3) is 2.62. The molecule has 0 aliphatic carbocycles. The van der Waals surface area contributed by atoms with Gasteiger partial charge in [0.2, 0.25) is 5.95 Å². The van der Waals surface area contributed by atoms with Gasteiger partial charge < -0.3 is 4.90 Å². The van der Waals surface area contributed by atoms with Crippen LogP contribution < -0.4 is 4.80 Å². The van der Waals surface area contributed by atoms with Crippen LogP contribution in [0.25, 0.3) is 5.69 Å². The molecular formula is C13H13FN4OS. The number of halogens is 1. The molecule has 20 heavy (non-hydrogen) atoms. The Morgan fingerprint density at radius 1 is 1.35 bits per heavy atom. The van der Waals surface area contributed by atoms with Crippen LogP contribution in [0.3, 0.4) is 0 Å². The number of carbonyl (C=O) groups is 1. The Bertz CT molecular complexity index is 670. The first-order valence-corrected chi connectivity index (χ1v) is 7.24. The van der Waals surface area contributed by atoms with Gasteiger partial charge >= 0.3 is 6.03 Å². The fourth-order valence-electron chi connectivity index (χ4n) is 2.12. The van der Waals surface area contributed by atoms with Crippen LogP contribution >= 0.6 is 11.3 Å². The Balaban J connectivity index is 1.93. The molecule has 0 aromatic carbocycles. The number of nitrogens with zero attached hydrogens (tertiary/aromatic N) is 4. The molecule has 3 heterocycles. The summed E-state index contributed by atoms with van der Waals surface area (Å²) in [7, 11) is 0. The number of carbonyl (C=O) groups excluding carboxylic acids is 1. The molecule has 0 N–H and O–H groups in total. The Kier molecular flexibility index (Phi) is 3.60. The second-order valence-corrected chi connectivity index (χ2v) is 5.36. The zero-order chi connectivity index (χ0) is 13.9. The Labute approximate surface area is 119 Å². The van der Waals surface area contributed by atoms with Crippen molar-refractivity contribution in [1.82, 2.24) is 14.5 Å². The van der Waals surface area contributed by atoms with Crippen LogP contribution in [-0.2, 0) is 0 Å². The zero-order valence-electron chi connectivity index (χ0n) is 10.7. The van der Waals surface area contributed by atoms with Gasteiger partial charge in [-0.2, -0.15) is 9.38 Å². The number of aromatic nitrogens is 2. The van der Waals surface area contributed by atoms with E-state index >= 15 is 0 Å². The molecule has 0 atom stereocenters. The van der Waals surface area contributed by atoms with Gasteiger partial charge in [0.25, 0.3) is 0 Å². The molecule has 7 heteroatoms. The van der Waals surface area contributed by atoms with Gasteiger partial charge in [0.15, 0.2) is 4.80 Å². The molecular weight excluding hydrogens is 279 g/mol. The van der Waals surface area contributed by atoms with Crippen molar-refractivity contribution in [2.45, 2.75) is 12.8 Å². The van der Waals surface area contributed by atoms with E-state index in [0.717, 1.165) is 25.9 Å². The number of hydrogen-bond acceptors (Lipinski definition) is 3. The fraction of sp³-hybridized carbons (Fsp3) is 0.308. The summed E-state index contributed by atoms with van der Waals surface area (Å²) in [6, 6.07) is 2.68. The minimum absolute atomic E-state index is 0.214. The monoisotopic (exact) mass is 292 g/mol. The second-order valence-electron chi connectivity index (χ2n) is 4.48. The molecule has 2 aromatic heterocycles. The lowest BCUT2D eigenvalue weighted by Crippen LogP contribution is -2.27. The van der Waals surface area contributed by atoms with Crippen LogP contribution in [0.15, 0.2) is 34.9 Å². The maximum absolute atomic E-state index is 12.8. The second kappa shape index (κ2) is 5.54. The van der Waals surface area contributed by atoms with Crippen LogP contribution in [0.2, 0.25) is 0 Å². The number of rotatable bonds is 1. The van der Waals surface area contributed by atoms with Crippen LogP contribution in [0.5, 0.6) is 0 Å². The van der Waals surface area contributed by atoms with Crippen LogP contribution in [0.1, 0.15) is 12.8 Å². The van der Waals surface area contributed by atoms with Crippen molar-refractivity contribution in [2.75, 3.05) is 13.1 Å². The molecule has 0 unspecified atom stereocenters. The predicted octanol–water partition coefficient (Wildman–Crippen LogP) is 2.19. The van der Waals surface area contributed by atoms with Gasteiger partial charge in [-0.1, -0.05) is 0 Å². The lowest BCUT2D eigenvalue weighted by molar-refractivity contribution is 0.218. The van der Waals surface area contributed by atoms with Crippen molar-refractivity contribution in [3.63, 3.8) is 0 Å². The first-order valence-electron chi connectivity index (χ1n) is 6.36. The number of thiazole rings is 1. The standard InChI is InChI=1S/C13H13FN4OS/c14-11-4-3-10(9-15-11)18-7-8-20-13(18)16-12(19)17-5-1-2-6-17/h3-4,7-9H,1-2,5-6H2. The molecule has 0 spiro atoms. The molecule has 5 nitrogen and oxygen atoms in total. The quantitative estimate of drug-likeness (QED) is 0.757. The van der Waals surface area contributed by atoms with Gasteiger partial charge in [-0.15, -0.1) is 11.3 Å². The van der Waals surface area contributed by atoms with Gasteiger partial charge in [0.1, 0.15) is 0 Å². The van der Waals surface area contributed by atoms with E-state index in [9.17, 15) is 9.18 Å². The molecule has 0 radical (unpaired) electrons. The summed E-state index contributed by atoms with van der Waals surface area (Å²) in [6.07, 6.45) is 5.28. The average Bonchev–Trinajstić information content (AvgIpc) is 3.10. The van der Waals surface area contributed by atoms with Crippen LogP contribution in [0.4, 0.5) is 9.18 Å².